The predicted octanol–water partition coefficient (Wildman–Crippen LogP) is 2.59. The third-order valence-corrected chi connectivity index (χ3v) is 5.79. The van der Waals surface area contributed by atoms with Gasteiger partial charge in [-0.1, -0.05) is 12.2 Å². The molecule has 24 heavy (non-hydrogen) atoms. The quantitative estimate of drug-likeness (QED) is 0.624. The molecule has 5 nitrogen and oxygen atoms in total. The smallest absolute Gasteiger partial charge is 0.264 e. The van der Waals surface area contributed by atoms with Crippen molar-refractivity contribution in [1.82, 2.24) is 9.80 Å². The lowest BCUT2D eigenvalue weighted by atomic mass is 10.1. The highest BCUT2D eigenvalue weighted by Gasteiger charge is 2.28. The van der Waals surface area contributed by atoms with E-state index in [0.717, 1.165) is 19.3 Å². The number of Topliss-reactive ketones (excluding diaryl/α,β-unsaturated/α-hetero) is 1. The lowest BCUT2D eigenvalue weighted by Crippen LogP contribution is -2.39. The van der Waals surface area contributed by atoms with Crippen molar-refractivity contribution in [3.05, 3.63) is 34.0 Å². The van der Waals surface area contributed by atoms with Gasteiger partial charge in [-0.3, -0.25) is 14.4 Å². The standard InChI is InChI=1S/C18H22N2O3S/c1-13(21)15-7-8-16(24-15)18(23)20-10-4-9-19(11-12-20)17(22)14-5-2-3-6-14/h2-3,7-8,14H,4-6,9-12H2,1H3. The number of thiophene rings is 1. The summed E-state index contributed by atoms with van der Waals surface area (Å²) in [6, 6.07) is 3.43. The number of amides is 2. The van der Waals surface area contributed by atoms with E-state index >= 15 is 0 Å². The number of nitrogens with zero attached hydrogens (tertiary/aromatic N) is 2. The highest BCUT2D eigenvalue weighted by Crippen LogP contribution is 2.22. The van der Waals surface area contributed by atoms with Crippen LogP contribution in [-0.2, 0) is 4.79 Å². The maximum atomic E-state index is 12.6. The van der Waals surface area contributed by atoms with Crippen LogP contribution < -0.4 is 0 Å². The Morgan fingerprint density at radius 3 is 2.25 bits per heavy atom. The van der Waals surface area contributed by atoms with E-state index in [4.69, 9.17) is 0 Å². The van der Waals surface area contributed by atoms with Crippen molar-refractivity contribution < 1.29 is 14.4 Å². The molecule has 2 amide bonds. The average molecular weight is 346 g/mol. The van der Waals surface area contributed by atoms with E-state index in [1.807, 2.05) is 4.90 Å². The second-order valence-corrected chi connectivity index (χ2v) is 7.41. The van der Waals surface area contributed by atoms with Gasteiger partial charge in [0.2, 0.25) is 5.91 Å². The number of carbonyl (C=O) groups excluding carboxylic acids is 3. The molecule has 3 rings (SSSR count). The van der Waals surface area contributed by atoms with E-state index in [1.54, 1.807) is 17.0 Å². The summed E-state index contributed by atoms with van der Waals surface area (Å²) < 4.78 is 0. The Balaban J connectivity index is 1.61. The third kappa shape index (κ3) is 3.59. The van der Waals surface area contributed by atoms with Crippen molar-refractivity contribution in [2.45, 2.75) is 26.2 Å². The molecular formula is C18H22N2O3S. The van der Waals surface area contributed by atoms with Crippen LogP contribution in [0.15, 0.2) is 24.3 Å². The number of carbonyl (C=O) groups is 3. The van der Waals surface area contributed by atoms with Crippen LogP contribution in [0.1, 0.15) is 45.5 Å². The number of hydrogen-bond donors (Lipinski definition) is 0. The van der Waals surface area contributed by atoms with Crippen LogP contribution in [0.5, 0.6) is 0 Å². The molecule has 2 heterocycles. The van der Waals surface area contributed by atoms with Crippen LogP contribution in [0, 0.1) is 5.92 Å². The molecule has 1 saturated heterocycles. The third-order valence-electron chi connectivity index (χ3n) is 4.62. The maximum Gasteiger partial charge on any atom is 0.264 e. The Kier molecular flexibility index (Phi) is 5.14. The van der Waals surface area contributed by atoms with Gasteiger partial charge in [-0.25, -0.2) is 0 Å². The molecule has 0 aromatic carbocycles. The van der Waals surface area contributed by atoms with Crippen molar-refractivity contribution in [1.29, 1.82) is 0 Å². The van der Waals surface area contributed by atoms with Crippen LogP contribution in [0.2, 0.25) is 0 Å². The zero-order valence-electron chi connectivity index (χ0n) is 13.9. The maximum absolute atomic E-state index is 12.6. The van der Waals surface area contributed by atoms with E-state index in [0.29, 0.717) is 35.9 Å². The summed E-state index contributed by atoms with van der Waals surface area (Å²) in [6.45, 7) is 4.01. The van der Waals surface area contributed by atoms with Gasteiger partial charge < -0.3 is 9.80 Å². The molecule has 1 aliphatic carbocycles. The SMILES string of the molecule is CC(=O)c1ccc(C(=O)N2CCCN(C(=O)C3CC=CC3)CC2)s1. The Morgan fingerprint density at radius 2 is 1.58 bits per heavy atom. The first-order chi connectivity index (χ1) is 11.6. The van der Waals surface area contributed by atoms with Gasteiger partial charge in [-0.2, -0.15) is 0 Å². The van der Waals surface area contributed by atoms with Gasteiger partial charge in [0.1, 0.15) is 0 Å². The number of hydrogen-bond acceptors (Lipinski definition) is 4. The van der Waals surface area contributed by atoms with Gasteiger partial charge in [0.25, 0.3) is 5.91 Å². The van der Waals surface area contributed by atoms with Gasteiger partial charge in [-0.05, 0) is 38.3 Å². The fraction of sp³-hybridized carbons (Fsp3) is 0.500. The van der Waals surface area contributed by atoms with Crippen LogP contribution in [0.25, 0.3) is 0 Å². The summed E-state index contributed by atoms with van der Waals surface area (Å²) in [6.07, 6.45) is 6.60. The summed E-state index contributed by atoms with van der Waals surface area (Å²) in [5.41, 5.74) is 0. The molecule has 1 aromatic rings. The normalized spacial score (nSPS) is 18.7. The second kappa shape index (κ2) is 7.30. The highest BCUT2D eigenvalue weighted by atomic mass is 32.1. The lowest BCUT2D eigenvalue weighted by Gasteiger charge is -2.24. The molecule has 0 bridgehead atoms. The minimum absolute atomic E-state index is 0.0168. The Morgan fingerprint density at radius 1 is 0.958 bits per heavy atom. The molecule has 0 atom stereocenters. The largest absolute Gasteiger partial charge is 0.341 e. The first-order valence-corrected chi connectivity index (χ1v) is 9.21. The molecule has 1 aliphatic heterocycles. The molecule has 0 spiro atoms. The van der Waals surface area contributed by atoms with Gasteiger partial charge in [-0.15, -0.1) is 11.3 Å². The summed E-state index contributed by atoms with van der Waals surface area (Å²) in [5, 5.41) is 0. The Labute approximate surface area is 145 Å². The minimum Gasteiger partial charge on any atom is -0.341 e. The average Bonchev–Trinajstić information content (AvgIpc) is 3.21. The van der Waals surface area contributed by atoms with E-state index in [1.165, 1.54) is 18.3 Å². The fourth-order valence-corrected chi connectivity index (χ4v) is 4.09. The molecule has 0 N–H and O–H groups in total. The van der Waals surface area contributed by atoms with Crippen molar-refractivity contribution in [3.8, 4) is 0 Å². The van der Waals surface area contributed by atoms with Crippen molar-refractivity contribution >= 4 is 28.9 Å². The van der Waals surface area contributed by atoms with Crippen LogP contribution in [0.4, 0.5) is 0 Å². The summed E-state index contributed by atoms with van der Waals surface area (Å²) in [4.78, 5) is 41.5. The number of rotatable bonds is 3. The topological polar surface area (TPSA) is 57.7 Å². The van der Waals surface area contributed by atoms with Crippen molar-refractivity contribution in [2.75, 3.05) is 26.2 Å². The molecule has 1 fully saturated rings. The summed E-state index contributed by atoms with van der Waals surface area (Å²) in [7, 11) is 0. The number of allylic oxidation sites excluding steroid dienone is 2. The fourth-order valence-electron chi connectivity index (χ4n) is 3.22. The molecule has 0 radical (unpaired) electrons. The van der Waals surface area contributed by atoms with Crippen LogP contribution in [0.3, 0.4) is 0 Å². The zero-order chi connectivity index (χ0) is 17.1. The lowest BCUT2D eigenvalue weighted by molar-refractivity contribution is -0.135. The van der Waals surface area contributed by atoms with Crippen molar-refractivity contribution in [2.24, 2.45) is 5.92 Å². The molecular weight excluding hydrogens is 324 g/mol. The monoisotopic (exact) mass is 346 g/mol. The van der Waals surface area contributed by atoms with E-state index in [-0.39, 0.29) is 23.5 Å². The first-order valence-electron chi connectivity index (χ1n) is 8.40. The summed E-state index contributed by atoms with van der Waals surface area (Å²) in [5.74, 6) is 0.244. The second-order valence-electron chi connectivity index (χ2n) is 6.33. The van der Waals surface area contributed by atoms with Gasteiger partial charge in [0.05, 0.1) is 9.75 Å². The Bertz CT molecular complexity index is 672. The van der Waals surface area contributed by atoms with Gasteiger partial charge >= 0.3 is 0 Å². The van der Waals surface area contributed by atoms with Crippen LogP contribution in [-0.4, -0.2) is 53.6 Å². The molecule has 1 aromatic heterocycles. The molecule has 6 heteroatoms. The van der Waals surface area contributed by atoms with Gasteiger partial charge in [0.15, 0.2) is 5.78 Å². The molecule has 128 valence electrons. The van der Waals surface area contributed by atoms with E-state index < -0.39 is 0 Å². The first kappa shape index (κ1) is 16.9. The van der Waals surface area contributed by atoms with E-state index in [9.17, 15) is 14.4 Å². The zero-order valence-corrected chi connectivity index (χ0v) is 14.7. The summed E-state index contributed by atoms with van der Waals surface area (Å²) >= 11 is 1.25. The predicted molar refractivity (Wildman–Crippen MR) is 93.3 cm³/mol. The van der Waals surface area contributed by atoms with Crippen molar-refractivity contribution in [3.63, 3.8) is 0 Å². The molecule has 0 saturated carbocycles. The minimum atomic E-state index is -0.0377. The van der Waals surface area contributed by atoms with E-state index in [2.05, 4.69) is 12.2 Å². The highest BCUT2D eigenvalue weighted by molar-refractivity contribution is 7.15. The molecule has 2 aliphatic rings. The molecule has 0 unspecified atom stereocenters. The van der Waals surface area contributed by atoms with Crippen LogP contribution >= 0.6 is 11.3 Å². The number of ketones is 1. The van der Waals surface area contributed by atoms with Gasteiger partial charge in [0, 0.05) is 32.1 Å². The Hall–Kier alpha value is -1.95.